The highest BCUT2D eigenvalue weighted by molar-refractivity contribution is 5.09. The first-order valence-corrected chi connectivity index (χ1v) is 4.91. The first-order chi connectivity index (χ1) is 6.61. The van der Waals surface area contributed by atoms with Crippen LogP contribution in [-0.4, -0.2) is 6.04 Å². The fourth-order valence-corrected chi connectivity index (χ4v) is 0.990. The Balaban J connectivity index is 4.50. The molecule has 1 heteroatoms. The quantitative estimate of drug-likeness (QED) is 0.669. The Bertz CT molecular complexity index is 317. The van der Waals surface area contributed by atoms with E-state index in [0.717, 1.165) is 12.1 Å². The molecule has 76 valence electrons. The highest BCUT2D eigenvalue weighted by Crippen LogP contribution is 2.00. The Hall–Kier alpha value is -1.38. The van der Waals surface area contributed by atoms with E-state index in [4.69, 9.17) is 0 Å². The normalized spacial score (nSPS) is 10.3. The third-order valence-corrected chi connectivity index (χ3v) is 1.89. The topological polar surface area (TPSA) is 12.0 Å². The van der Waals surface area contributed by atoms with Gasteiger partial charge in [-0.25, -0.2) is 0 Å². The third-order valence-electron chi connectivity index (χ3n) is 1.89. The second-order valence-electron chi connectivity index (χ2n) is 3.23. The Morgan fingerprint density at radius 3 is 2.64 bits per heavy atom. The molecular weight excluding hydrogens is 170 g/mol. The minimum Gasteiger partial charge on any atom is -0.375 e. The SMILES string of the molecule is C=C=C=C(C)NC(C)C(C)=C=CCC. The Morgan fingerprint density at radius 1 is 1.50 bits per heavy atom. The maximum absolute atomic E-state index is 3.48. The molecular formula is C13H19N. The summed E-state index contributed by atoms with van der Waals surface area (Å²) in [7, 11) is 0. The molecule has 0 saturated carbocycles. The van der Waals surface area contributed by atoms with Crippen molar-refractivity contribution in [3.8, 4) is 0 Å². The molecule has 0 aromatic rings. The summed E-state index contributed by atoms with van der Waals surface area (Å²) in [6.07, 6.45) is 3.06. The van der Waals surface area contributed by atoms with Crippen molar-refractivity contribution in [2.24, 2.45) is 0 Å². The summed E-state index contributed by atoms with van der Waals surface area (Å²) >= 11 is 0. The molecule has 1 atom stereocenters. The average molecular weight is 189 g/mol. The van der Waals surface area contributed by atoms with Crippen LogP contribution in [0.15, 0.2) is 41.1 Å². The van der Waals surface area contributed by atoms with E-state index >= 15 is 0 Å². The molecule has 0 radical (unpaired) electrons. The zero-order chi connectivity index (χ0) is 11.0. The summed E-state index contributed by atoms with van der Waals surface area (Å²) in [5.74, 6) is 0. The number of rotatable bonds is 4. The van der Waals surface area contributed by atoms with E-state index in [1.165, 1.54) is 5.57 Å². The van der Waals surface area contributed by atoms with Crippen LogP contribution in [0.2, 0.25) is 0 Å². The molecule has 0 aromatic heterocycles. The Labute approximate surface area is 87.2 Å². The molecule has 0 spiro atoms. The van der Waals surface area contributed by atoms with Gasteiger partial charge in [0, 0.05) is 0 Å². The summed E-state index contributed by atoms with van der Waals surface area (Å²) in [6, 6.07) is 0.277. The van der Waals surface area contributed by atoms with Crippen LogP contribution >= 0.6 is 0 Å². The fraction of sp³-hybridized carbons (Fsp3) is 0.462. The summed E-state index contributed by atoms with van der Waals surface area (Å²) in [5, 5.41) is 3.27. The van der Waals surface area contributed by atoms with E-state index in [0.29, 0.717) is 0 Å². The second-order valence-corrected chi connectivity index (χ2v) is 3.23. The van der Waals surface area contributed by atoms with E-state index in [-0.39, 0.29) is 6.04 Å². The van der Waals surface area contributed by atoms with Gasteiger partial charge in [0.15, 0.2) is 0 Å². The molecule has 1 nitrogen and oxygen atoms in total. The summed E-state index contributed by atoms with van der Waals surface area (Å²) in [6.45, 7) is 11.7. The smallest absolute Gasteiger partial charge is 0.0595 e. The molecule has 1 N–H and O–H groups in total. The van der Waals surface area contributed by atoms with Crippen LogP contribution in [0.1, 0.15) is 34.1 Å². The van der Waals surface area contributed by atoms with Crippen molar-refractivity contribution in [3.05, 3.63) is 41.1 Å². The van der Waals surface area contributed by atoms with E-state index in [9.17, 15) is 0 Å². The maximum Gasteiger partial charge on any atom is 0.0595 e. The molecule has 1 unspecified atom stereocenters. The maximum atomic E-state index is 3.48. The van der Waals surface area contributed by atoms with Crippen LogP contribution in [-0.2, 0) is 0 Å². The second kappa shape index (κ2) is 7.06. The van der Waals surface area contributed by atoms with E-state index < -0.39 is 0 Å². The Kier molecular flexibility index (Phi) is 6.37. The van der Waals surface area contributed by atoms with E-state index in [1.807, 2.05) is 13.0 Å². The molecule has 0 fully saturated rings. The van der Waals surface area contributed by atoms with Crippen molar-refractivity contribution in [1.82, 2.24) is 5.32 Å². The summed E-state index contributed by atoms with van der Waals surface area (Å²) < 4.78 is 0. The van der Waals surface area contributed by atoms with Gasteiger partial charge < -0.3 is 5.32 Å². The predicted octanol–water partition coefficient (Wildman–Crippen LogP) is 3.32. The molecule has 0 amide bonds. The highest BCUT2D eigenvalue weighted by Gasteiger charge is 2.01. The highest BCUT2D eigenvalue weighted by atomic mass is 14.9. The monoisotopic (exact) mass is 189 g/mol. The first-order valence-electron chi connectivity index (χ1n) is 4.91. The van der Waals surface area contributed by atoms with E-state index in [1.54, 1.807) is 0 Å². The minimum atomic E-state index is 0.277. The molecule has 0 aromatic carbocycles. The lowest BCUT2D eigenvalue weighted by Crippen LogP contribution is -2.24. The molecule has 0 rings (SSSR count). The predicted molar refractivity (Wildman–Crippen MR) is 62.0 cm³/mol. The van der Waals surface area contributed by atoms with Crippen molar-refractivity contribution < 1.29 is 0 Å². The fourth-order valence-electron chi connectivity index (χ4n) is 0.990. The lowest BCUT2D eigenvalue weighted by atomic mass is 10.1. The van der Waals surface area contributed by atoms with Crippen LogP contribution < -0.4 is 5.32 Å². The average Bonchev–Trinajstić information content (AvgIpc) is 2.14. The molecule has 0 aliphatic carbocycles. The first kappa shape index (κ1) is 12.6. The van der Waals surface area contributed by atoms with Crippen molar-refractivity contribution >= 4 is 0 Å². The van der Waals surface area contributed by atoms with Crippen LogP contribution in [0, 0.1) is 0 Å². The number of hydrogen-bond donors (Lipinski definition) is 1. The van der Waals surface area contributed by atoms with Crippen molar-refractivity contribution in [2.45, 2.75) is 40.2 Å². The van der Waals surface area contributed by atoms with Crippen LogP contribution in [0.25, 0.3) is 0 Å². The van der Waals surface area contributed by atoms with Crippen LogP contribution in [0.4, 0.5) is 0 Å². The Morgan fingerprint density at radius 2 is 2.14 bits per heavy atom. The number of nitrogens with one attached hydrogen (secondary N) is 1. The molecule has 0 aliphatic rings. The van der Waals surface area contributed by atoms with Crippen LogP contribution in [0.3, 0.4) is 0 Å². The molecule has 14 heavy (non-hydrogen) atoms. The number of hydrogen-bond acceptors (Lipinski definition) is 1. The van der Waals surface area contributed by atoms with Gasteiger partial charge in [-0.3, -0.25) is 0 Å². The van der Waals surface area contributed by atoms with E-state index in [2.05, 4.69) is 49.9 Å². The van der Waals surface area contributed by atoms with Gasteiger partial charge in [0.05, 0.1) is 11.7 Å². The molecule has 0 bridgehead atoms. The third kappa shape index (κ3) is 5.30. The van der Waals surface area contributed by atoms with Gasteiger partial charge in [-0.1, -0.05) is 18.4 Å². The van der Waals surface area contributed by atoms with Gasteiger partial charge in [-0.05, 0) is 45.4 Å². The molecule has 0 saturated heterocycles. The van der Waals surface area contributed by atoms with Gasteiger partial charge in [0.25, 0.3) is 0 Å². The zero-order valence-electron chi connectivity index (χ0n) is 9.57. The van der Waals surface area contributed by atoms with Crippen molar-refractivity contribution in [1.29, 1.82) is 0 Å². The number of allylic oxidation sites excluding steroid dienone is 1. The van der Waals surface area contributed by atoms with Gasteiger partial charge in [0.2, 0.25) is 0 Å². The lowest BCUT2D eigenvalue weighted by Gasteiger charge is -2.12. The zero-order valence-corrected chi connectivity index (χ0v) is 9.57. The summed E-state index contributed by atoms with van der Waals surface area (Å²) in [5.41, 5.74) is 10.9. The van der Waals surface area contributed by atoms with Crippen molar-refractivity contribution in [2.75, 3.05) is 0 Å². The van der Waals surface area contributed by atoms with Gasteiger partial charge in [0.1, 0.15) is 0 Å². The lowest BCUT2D eigenvalue weighted by molar-refractivity contribution is 0.695. The molecule has 0 heterocycles. The van der Waals surface area contributed by atoms with Gasteiger partial charge >= 0.3 is 0 Å². The largest absolute Gasteiger partial charge is 0.375 e. The summed E-state index contributed by atoms with van der Waals surface area (Å²) in [4.78, 5) is 0. The molecule has 0 aliphatic heterocycles. The van der Waals surface area contributed by atoms with Crippen molar-refractivity contribution in [3.63, 3.8) is 0 Å². The van der Waals surface area contributed by atoms with Gasteiger partial charge in [-0.2, -0.15) is 0 Å². The van der Waals surface area contributed by atoms with Crippen LogP contribution in [0.5, 0.6) is 0 Å². The standard InChI is InChI=1S/C13H19N/c1-6-8-10-11(3)13(5)14-12(4)9-7-2/h8,13-14H,2,6H2,1,3-5H3. The van der Waals surface area contributed by atoms with Gasteiger partial charge in [-0.15, -0.1) is 5.73 Å². The minimum absolute atomic E-state index is 0.277.